The Kier molecular flexibility index (Phi) is 4.68. The zero-order valence-corrected chi connectivity index (χ0v) is 14.4. The third kappa shape index (κ3) is 3.77. The van der Waals surface area contributed by atoms with Crippen LogP contribution in [0.5, 0.6) is 0 Å². The van der Waals surface area contributed by atoms with Crippen LogP contribution in [0.15, 0.2) is 59.5 Å². The predicted molar refractivity (Wildman–Crippen MR) is 96.3 cm³/mol. The van der Waals surface area contributed by atoms with E-state index in [9.17, 15) is 4.79 Å². The summed E-state index contributed by atoms with van der Waals surface area (Å²) in [7, 11) is 0. The highest BCUT2D eigenvalue weighted by Crippen LogP contribution is 2.18. The molecule has 1 aliphatic rings. The van der Waals surface area contributed by atoms with Crippen LogP contribution in [0.1, 0.15) is 11.5 Å². The Bertz CT molecular complexity index is 844. The fraction of sp³-hybridized carbons (Fsp3) is 0.316. The normalized spacial score (nSPS) is 16.8. The van der Waals surface area contributed by atoms with Crippen LogP contribution in [-0.4, -0.2) is 38.7 Å². The molecule has 3 aromatic rings. The van der Waals surface area contributed by atoms with E-state index in [0.717, 1.165) is 24.6 Å². The number of aromatic nitrogens is 3. The van der Waals surface area contributed by atoms with Gasteiger partial charge in [-0.3, -0.25) is 9.48 Å². The minimum Gasteiger partial charge on any atom is -0.469 e. The number of anilines is 1. The van der Waals surface area contributed by atoms with Crippen molar-refractivity contribution in [2.75, 3.05) is 18.4 Å². The van der Waals surface area contributed by atoms with Crippen LogP contribution in [0.4, 0.5) is 5.82 Å². The second kappa shape index (κ2) is 7.43. The highest BCUT2D eigenvalue weighted by Gasteiger charge is 2.26. The molecule has 0 radical (unpaired) electrons. The van der Waals surface area contributed by atoms with Crippen molar-refractivity contribution in [2.45, 2.75) is 19.5 Å². The van der Waals surface area contributed by atoms with Gasteiger partial charge in [-0.15, -0.1) is 0 Å². The highest BCUT2D eigenvalue weighted by atomic mass is 16.3. The van der Waals surface area contributed by atoms with Crippen molar-refractivity contribution in [1.29, 1.82) is 0 Å². The molecule has 134 valence electrons. The van der Waals surface area contributed by atoms with Crippen LogP contribution < -0.4 is 5.32 Å². The first kappa shape index (κ1) is 16.4. The molecule has 1 aliphatic heterocycles. The molecule has 0 aromatic carbocycles. The van der Waals surface area contributed by atoms with Crippen LogP contribution in [0.3, 0.4) is 0 Å². The second-order valence-electron chi connectivity index (χ2n) is 6.50. The third-order valence-electron chi connectivity index (χ3n) is 4.56. The summed E-state index contributed by atoms with van der Waals surface area (Å²) in [5.74, 6) is 1.83. The van der Waals surface area contributed by atoms with Gasteiger partial charge in [0.15, 0.2) is 0 Å². The lowest BCUT2D eigenvalue weighted by Gasteiger charge is -2.24. The Morgan fingerprint density at radius 1 is 1.19 bits per heavy atom. The van der Waals surface area contributed by atoms with Gasteiger partial charge in [0.2, 0.25) is 5.91 Å². The average molecular weight is 351 g/mol. The molecule has 1 N–H and O–H groups in total. The molecule has 0 fully saturated rings. The molecule has 1 atom stereocenters. The highest BCUT2D eigenvalue weighted by molar-refractivity contribution is 5.78. The topological polar surface area (TPSA) is 76.2 Å². The van der Waals surface area contributed by atoms with Crippen LogP contribution >= 0.6 is 0 Å². The molecule has 4 rings (SSSR count). The number of hydrogen-bond acceptors (Lipinski definition) is 5. The zero-order chi connectivity index (χ0) is 17.8. The van der Waals surface area contributed by atoms with Gasteiger partial charge in [-0.25, -0.2) is 4.98 Å². The van der Waals surface area contributed by atoms with Crippen molar-refractivity contribution >= 4 is 11.7 Å². The van der Waals surface area contributed by atoms with Gasteiger partial charge in [0.05, 0.1) is 24.9 Å². The number of pyridine rings is 1. The molecule has 0 saturated carbocycles. The quantitative estimate of drug-likeness (QED) is 0.762. The molecule has 7 nitrogen and oxygen atoms in total. The first-order valence-corrected chi connectivity index (χ1v) is 8.73. The third-order valence-corrected chi connectivity index (χ3v) is 4.56. The van der Waals surface area contributed by atoms with E-state index in [1.165, 1.54) is 0 Å². The fourth-order valence-corrected chi connectivity index (χ4v) is 3.24. The van der Waals surface area contributed by atoms with Gasteiger partial charge in [0.25, 0.3) is 0 Å². The Morgan fingerprint density at radius 2 is 2.15 bits per heavy atom. The van der Waals surface area contributed by atoms with Gasteiger partial charge in [0, 0.05) is 37.9 Å². The number of fused-ring (bicyclic) bond motifs is 1. The summed E-state index contributed by atoms with van der Waals surface area (Å²) < 4.78 is 7.32. The van der Waals surface area contributed by atoms with Crippen molar-refractivity contribution in [2.24, 2.45) is 5.92 Å². The summed E-state index contributed by atoms with van der Waals surface area (Å²) in [5, 5.41) is 7.77. The molecule has 3 aromatic heterocycles. The Labute approximate surface area is 151 Å². The first-order valence-electron chi connectivity index (χ1n) is 8.73. The number of furan rings is 1. The van der Waals surface area contributed by atoms with E-state index in [1.807, 2.05) is 39.9 Å². The van der Waals surface area contributed by atoms with Crippen LogP contribution in [0.25, 0.3) is 0 Å². The van der Waals surface area contributed by atoms with Gasteiger partial charge in [-0.05, 0) is 30.3 Å². The monoisotopic (exact) mass is 351 g/mol. The molecule has 0 unspecified atom stereocenters. The average Bonchev–Trinajstić information content (AvgIpc) is 3.29. The first-order chi connectivity index (χ1) is 12.8. The standard InChI is InChI=1S/C19H21N5O2/c25-19(10-17-4-3-9-26-17)23-12-15(11-21-18-5-1-2-7-20-18)13-24-16(14-23)6-8-22-24/h1-9,15H,10-14H2,(H,20,21)/t15-/m0/s1. The van der Waals surface area contributed by atoms with Crippen molar-refractivity contribution in [3.8, 4) is 0 Å². The van der Waals surface area contributed by atoms with E-state index in [4.69, 9.17) is 4.42 Å². The number of carbonyl (C=O) groups excluding carboxylic acids is 1. The van der Waals surface area contributed by atoms with Gasteiger partial charge in [0.1, 0.15) is 11.6 Å². The molecule has 4 heterocycles. The van der Waals surface area contributed by atoms with Crippen molar-refractivity contribution in [1.82, 2.24) is 19.7 Å². The lowest BCUT2D eigenvalue weighted by atomic mass is 10.1. The fourth-order valence-electron chi connectivity index (χ4n) is 3.24. The number of hydrogen-bond donors (Lipinski definition) is 1. The van der Waals surface area contributed by atoms with Crippen LogP contribution in [-0.2, 0) is 24.3 Å². The predicted octanol–water partition coefficient (Wildman–Crippen LogP) is 2.18. The van der Waals surface area contributed by atoms with E-state index >= 15 is 0 Å². The zero-order valence-electron chi connectivity index (χ0n) is 14.4. The molecule has 0 aliphatic carbocycles. The maximum atomic E-state index is 12.8. The SMILES string of the molecule is O=C(Cc1ccco1)N1Cc2ccnn2C[C@@H](CNc2ccccn2)C1. The van der Waals surface area contributed by atoms with Crippen LogP contribution in [0, 0.1) is 5.92 Å². The Balaban J connectivity index is 1.47. The summed E-state index contributed by atoms with van der Waals surface area (Å²) in [4.78, 5) is 19.0. The van der Waals surface area contributed by atoms with E-state index in [0.29, 0.717) is 18.8 Å². The summed E-state index contributed by atoms with van der Waals surface area (Å²) >= 11 is 0. The van der Waals surface area contributed by atoms with Crippen LogP contribution in [0.2, 0.25) is 0 Å². The second-order valence-corrected chi connectivity index (χ2v) is 6.50. The molecule has 0 spiro atoms. The van der Waals surface area contributed by atoms with Gasteiger partial charge in [-0.2, -0.15) is 5.10 Å². The largest absolute Gasteiger partial charge is 0.469 e. The summed E-state index contributed by atoms with van der Waals surface area (Å²) in [5.41, 5.74) is 1.05. The molecule has 1 amide bonds. The number of nitrogens with zero attached hydrogens (tertiary/aromatic N) is 4. The lowest BCUT2D eigenvalue weighted by Crippen LogP contribution is -2.37. The van der Waals surface area contributed by atoms with E-state index < -0.39 is 0 Å². The van der Waals surface area contributed by atoms with Gasteiger partial charge >= 0.3 is 0 Å². The Hall–Kier alpha value is -3.09. The summed E-state index contributed by atoms with van der Waals surface area (Å²) in [6.07, 6.45) is 5.43. The van der Waals surface area contributed by atoms with E-state index in [-0.39, 0.29) is 18.2 Å². The number of carbonyl (C=O) groups is 1. The van der Waals surface area contributed by atoms with E-state index in [2.05, 4.69) is 15.4 Å². The van der Waals surface area contributed by atoms with Crippen molar-refractivity contribution in [3.63, 3.8) is 0 Å². The number of nitrogens with one attached hydrogen (secondary N) is 1. The maximum Gasteiger partial charge on any atom is 0.230 e. The summed E-state index contributed by atoms with van der Waals surface area (Å²) in [6.45, 7) is 2.73. The molecule has 0 saturated heterocycles. The summed E-state index contributed by atoms with van der Waals surface area (Å²) in [6, 6.07) is 11.4. The molecule has 26 heavy (non-hydrogen) atoms. The van der Waals surface area contributed by atoms with Crippen molar-refractivity contribution < 1.29 is 9.21 Å². The molecule has 0 bridgehead atoms. The number of amides is 1. The Morgan fingerprint density at radius 3 is 2.96 bits per heavy atom. The maximum absolute atomic E-state index is 12.8. The van der Waals surface area contributed by atoms with Gasteiger partial charge < -0.3 is 14.6 Å². The van der Waals surface area contributed by atoms with E-state index in [1.54, 1.807) is 24.7 Å². The minimum absolute atomic E-state index is 0.0671. The smallest absolute Gasteiger partial charge is 0.230 e. The minimum atomic E-state index is 0.0671. The molecular formula is C19H21N5O2. The van der Waals surface area contributed by atoms with Crippen molar-refractivity contribution in [3.05, 3.63) is 66.5 Å². The van der Waals surface area contributed by atoms with Gasteiger partial charge in [-0.1, -0.05) is 6.07 Å². The number of rotatable bonds is 5. The lowest BCUT2D eigenvalue weighted by molar-refractivity contribution is -0.131. The molecule has 7 heteroatoms. The molecular weight excluding hydrogens is 330 g/mol.